The molecule has 1 fully saturated rings. The Morgan fingerprint density at radius 3 is 2.13 bits per heavy atom. The van der Waals surface area contributed by atoms with Crippen molar-refractivity contribution in [2.45, 2.75) is 19.0 Å². The number of piperazine rings is 1. The van der Waals surface area contributed by atoms with Gasteiger partial charge < -0.3 is 16.4 Å². The summed E-state index contributed by atoms with van der Waals surface area (Å²) in [6.45, 7) is 3.78. The quantitative estimate of drug-likeness (QED) is 0.791. The molecule has 0 radical (unpaired) electrons. The van der Waals surface area contributed by atoms with E-state index < -0.39 is 11.9 Å². The van der Waals surface area contributed by atoms with Crippen LogP contribution in [0.25, 0.3) is 0 Å². The summed E-state index contributed by atoms with van der Waals surface area (Å²) in [5.74, 6) is -0.730. The molecule has 1 aliphatic rings. The van der Waals surface area contributed by atoms with Gasteiger partial charge in [-0.25, -0.2) is 0 Å². The van der Waals surface area contributed by atoms with Crippen LogP contribution >= 0.6 is 24.8 Å². The second-order valence-electron chi connectivity index (χ2n) is 5.36. The van der Waals surface area contributed by atoms with E-state index in [0.29, 0.717) is 13.1 Å². The van der Waals surface area contributed by atoms with Gasteiger partial charge in [0.25, 0.3) is 0 Å². The number of halogens is 2. The molecule has 23 heavy (non-hydrogen) atoms. The fourth-order valence-electron chi connectivity index (χ4n) is 2.51. The first kappa shape index (κ1) is 21.7. The topological polar surface area (TPSA) is 92.7 Å². The van der Waals surface area contributed by atoms with Crippen LogP contribution in [0.15, 0.2) is 30.3 Å². The lowest BCUT2D eigenvalue weighted by Crippen LogP contribution is -2.53. The number of primary amides is 1. The standard InChI is InChI=1S/C15H22N4O2.2ClH/c16-13(10-14(17)20)15(21)19-8-6-18(7-9-19)11-12-4-2-1-3-5-12;;/h1-5,13H,6-11,16H2,(H2,17,20);2*1H. The van der Waals surface area contributed by atoms with Gasteiger partial charge in [0.05, 0.1) is 12.5 Å². The summed E-state index contributed by atoms with van der Waals surface area (Å²) in [5.41, 5.74) is 12.0. The number of hydrogen-bond donors (Lipinski definition) is 2. The molecule has 0 aromatic heterocycles. The molecule has 1 aliphatic heterocycles. The number of carbonyl (C=O) groups is 2. The van der Waals surface area contributed by atoms with Crippen molar-refractivity contribution in [2.75, 3.05) is 26.2 Å². The maximum atomic E-state index is 12.1. The van der Waals surface area contributed by atoms with Crippen molar-refractivity contribution in [3.63, 3.8) is 0 Å². The predicted octanol–water partition coefficient (Wildman–Crippen LogP) is 0.377. The second-order valence-corrected chi connectivity index (χ2v) is 5.36. The maximum Gasteiger partial charge on any atom is 0.240 e. The van der Waals surface area contributed by atoms with E-state index in [1.54, 1.807) is 4.90 Å². The van der Waals surface area contributed by atoms with Crippen LogP contribution in [-0.2, 0) is 16.1 Å². The molecule has 0 bridgehead atoms. The van der Waals surface area contributed by atoms with Gasteiger partial charge in [-0.05, 0) is 5.56 Å². The van der Waals surface area contributed by atoms with Crippen molar-refractivity contribution < 1.29 is 9.59 Å². The molecule has 1 aromatic rings. The Morgan fingerprint density at radius 1 is 1.04 bits per heavy atom. The summed E-state index contributed by atoms with van der Waals surface area (Å²) in [5, 5.41) is 0. The van der Waals surface area contributed by atoms with Crippen LogP contribution < -0.4 is 11.5 Å². The first-order valence-corrected chi connectivity index (χ1v) is 7.15. The molecule has 1 heterocycles. The van der Waals surface area contributed by atoms with E-state index in [-0.39, 0.29) is 37.1 Å². The van der Waals surface area contributed by atoms with Crippen LogP contribution in [0.1, 0.15) is 12.0 Å². The van der Waals surface area contributed by atoms with Crippen LogP contribution in [0.5, 0.6) is 0 Å². The largest absolute Gasteiger partial charge is 0.370 e. The van der Waals surface area contributed by atoms with Crippen LogP contribution in [-0.4, -0.2) is 53.8 Å². The summed E-state index contributed by atoms with van der Waals surface area (Å²) >= 11 is 0. The molecule has 2 amide bonds. The number of carbonyl (C=O) groups excluding carboxylic acids is 2. The number of rotatable bonds is 5. The van der Waals surface area contributed by atoms with E-state index in [4.69, 9.17) is 11.5 Å². The molecule has 1 atom stereocenters. The van der Waals surface area contributed by atoms with Gasteiger partial charge in [-0.2, -0.15) is 0 Å². The normalized spacial score (nSPS) is 16.0. The number of nitrogens with zero attached hydrogens (tertiary/aromatic N) is 2. The molecule has 4 N–H and O–H groups in total. The molecular weight excluding hydrogens is 339 g/mol. The summed E-state index contributed by atoms with van der Waals surface area (Å²) < 4.78 is 0. The van der Waals surface area contributed by atoms with E-state index in [9.17, 15) is 9.59 Å². The second kappa shape index (κ2) is 10.4. The van der Waals surface area contributed by atoms with Crippen LogP contribution in [0, 0.1) is 0 Å². The third kappa shape index (κ3) is 6.74. The smallest absolute Gasteiger partial charge is 0.240 e. The SMILES string of the molecule is Cl.Cl.NC(=O)CC(N)C(=O)N1CCN(Cc2ccccc2)CC1. The zero-order valence-electron chi connectivity index (χ0n) is 12.9. The molecule has 8 heteroatoms. The molecule has 0 spiro atoms. The zero-order valence-corrected chi connectivity index (χ0v) is 14.5. The Hall–Kier alpha value is -1.34. The van der Waals surface area contributed by atoms with Gasteiger partial charge in [0.2, 0.25) is 11.8 Å². The predicted molar refractivity (Wildman–Crippen MR) is 94.6 cm³/mol. The molecule has 0 aliphatic carbocycles. The van der Waals surface area contributed by atoms with Crippen LogP contribution in [0.2, 0.25) is 0 Å². The minimum atomic E-state index is -0.817. The lowest BCUT2D eigenvalue weighted by atomic mass is 10.1. The third-order valence-corrected chi connectivity index (χ3v) is 3.67. The van der Waals surface area contributed by atoms with Gasteiger partial charge in [-0.15, -0.1) is 24.8 Å². The van der Waals surface area contributed by atoms with Gasteiger partial charge >= 0.3 is 0 Å². The van der Waals surface area contributed by atoms with E-state index in [0.717, 1.165) is 19.6 Å². The molecule has 1 unspecified atom stereocenters. The number of nitrogens with two attached hydrogens (primary N) is 2. The van der Waals surface area contributed by atoms with Gasteiger partial charge in [0.1, 0.15) is 0 Å². The Morgan fingerprint density at radius 2 is 1.61 bits per heavy atom. The van der Waals surface area contributed by atoms with Crippen molar-refractivity contribution >= 4 is 36.6 Å². The average molecular weight is 363 g/mol. The van der Waals surface area contributed by atoms with Crippen molar-refractivity contribution in [1.29, 1.82) is 0 Å². The van der Waals surface area contributed by atoms with Crippen molar-refractivity contribution in [1.82, 2.24) is 9.80 Å². The van der Waals surface area contributed by atoms with Gasteiger partial charge in [-0.3, -0.25) is 14.5 Å². The molecule has 6 nitrogen and oxygen atoms in total. The van der Waals surface area contributed by atoms with Gasteiger partial charge in [0, 0.05) is 32.7 Å². The summed E-state index contributed by atoms with van der Waals surface area (Å²) in [6.07, 6.45) is -0.0942. The highest BCUT2D eigenvalue weighted by atomic mass is 35.5. The Kier molecular flexibility index (Phi) is 9.83. The monoisotopic (exact) mass is 362 g/mol. The minimum Gasteiger partial charge on any atom is -0.370 e. The van der Waals surface area contributed by atoms with E-state index in [1.807, 2.05) is 18.2 Å². The van der Waals surface area contributed by atoms with Crippen LogP contribution in [0.3, 0.4) is 0 Å². The summed E-state index contributed by atoms with van der Waals surface area (Å²) in [6, 6.07) is 9.43. The maximum absolute atomic E-state index is 12.1. The molecule has 130 valence electrons. The lowest BCUT2D eigenvalue weighted by molar-refractivity contribution is -0.136. The van der Waals surface area contributed by atoms with E-state index >= 15 is 0 Å². The lowest BCUT2D eigenvalue weighted by Gasteiger charge is -2.35. The fraction of sp³-hybridized carbons (Fsp3) is 0.467. The average Bonchev–Trinajstić information content (AvgIpc) is 2.47. The molecule has 0 saturated carbocycles. The summed E-state index contributed by atoms with van der Waals surface area (Å²) in [7, 11) is 0. The van der Waals surface area contributed by atoms with E-state index in [1.165, 1.54) is 5.56 Å². The Bertz CT molecular complexity index is 494. The van der Waals surface area contributed by atoms with Crippen molar-refractivity contribution in [3.8, 4) is 0 Å². The highest BCUT2D eigenvalue weighted by Crippen LogP contribution is 2.09. The third-order valence-electron chi connectivity index (χ3n) is 3.67. The number of amides is 2. The summed E-state index contributed by atoms with van der Waals surface area (Å²) in [4.78, 5) is 26.9. The Labute approximate surface area is 149 Å². The minimum absolute atomic E-state index is 0. The molecule has 1 saturated heterocycles. The first-order valence-electron chi connectivity index (χ1n) is 7.15. The van der Waals surface area contributed by atoms with Crippen molar-refractivity contribution in [2.24, 2.45) is 11.5 Å². The first-order chi connectivity index (χ1) is 10.1. The Balaban J connectivity index is 0.00000242. The molecular formula is C15H24Cl2N4O2. The zero-order chi connectivity index (χ0) is 15.2. The highest BCUT2D eigenvalue weighted by molar-refractivity contribution is 5.87. The number of hydrogen-bond acceptors (Lipinski definition) is 4. The van der Waals surface area contributed by atoms with Crippen molar-refractivity contribution in [3.05, 3.63) is 35.9 Å². The fourth-order valence-corrected chi connectivity index (χ4v) is 2.51. The van der Waals surface area contributed by atoms with Gasteiger partial charge in [0.15, 0.2) is 0 Å². The molecule has 1 aromatic carbocycles. The van der Waals surface area contributed by atoms with E-state index in [2.05, 4.69) is 17.0 Å². The number of benzene rings is 1. The highest BCUT2D eigenvalue weighted by Gasteiger charge is 2.26. The van der Waals surface area contributed by atoms with Crippen LogP contribution in [0.4, 0.5) is 0 Å². The molecule has 2 rings (SSSR count). The van der Waals surface area contributed by atoms with Gasteiger partial charge in [-0.1, -0.05) is 30.3 Å².